The van der Waals surface area contributed by atoms with Gasteiger partial charge in [0.15, 0.2) is 0 Å². The molecule has 2 nitrogen and oxygen atoms in total. The van der Waals surface area contributed by atoms with Crippen molar-refractivity contribution in [3.8, 4) is 11.1 Å². The number of aryl methyl sites for hydroxylation is 2. The van der Waals surface area contributed by atoms with E-state index in [0.29, 0.717) is 17.3 Å². The molecule has 0 unspecified atom stereocenters. The SMILES string of the molecule is Cc1nn(C)cc1-c1cc(C(F)(F)F)c[c]c1F. The van der Waals surface area contributed by atoms with Gasteiger partial charge in [-0.15, -0.1) is 0 Å². The van der Waals surface area contributed by atoms with Crippen molar-refractivity contribution in [3.63, 3.8) is 0 Å². The molecule has 1 heterocycles. The molecule has 2 rings (SSSR count). The van der Waals surface area contributed by atoms with E-state index in [1.54, 1.807) is 14.0 Å². The van der Waals surface area contributed by atoms with Gasteiger partial charge in [0.2, 0.25) is 0 Å². The third-order valence-corrected chi connectivity index (χ3v) is 2.52. The van der Waals surface area contributed by atoms with E-state index in [0.717, 1.165) is 6.07 Å². The maximum Gasteiger partial charge on any atom is 0.416 e. The summed E-state index contributed by atoms with van der Waals surface area (Å²) in [6, 6.07) is 3.36. The first-order chi connectivity index (χ1) is 8.29. The van der Waals surface area contributed by atoms with Gasteiger partial charge in [-0.3, -0.25) is 4.68 Å². The predicted octanol–water partition coefficient (Wildman–Crippen LogP) is 3.35. The highest BCUT2D eigenvalue weighted by atomic mass is 19.4. The van der Waals surface area contributed by atoms with E-state index in [4.69, 9.17) is 0 Å². The van der Waals surface area contributed by atoms with Crippen LogP contribution in [0.15, 0.2) is 18.3 Å². The summed E-state index contributed by atoms with van der Waals surface area (Å²) < 4.78 is 52.7. The monoisotopic (exact) mass is 257 g/mol. The van der Waals surface area contributed by atoms with Gasteiger partial charge in [0.25, 0.3) is 0 Å². The van der Waals surface area contributed by atoms with Gasteiger partial charge in [-0.2, -0.15) is 18.3 Å². The Morgan fingerprint density at radius 1 is 1.28 bits per heavy atom. The number of halogens is 4. The summed E-state index contributed by atoms with van der Waals surface area (Å²) in [6.07, 6.45) is -3.04. The van der Waals surface area contributed by atoms with E-state index in [1.807, 2.05) is 6.07 Å². The molecule has 0 atom stereocenters. The molecule has 0 N–H and O–H groups in total. The summed E-state index contributed by atoms with van der Waals surface area (Å²) in [5.74, 6) is -0.820. The smallest absolute Gasteiger partial charge is 0.275 e. The van der Waals surface area contributed by atoms with Crippen molar-refractivity contribution in [1.29, 1.82) is 0 Å². The largest absolute Gasteiger partial charge is 0.416 e. The molecule has 0 aliphatic rings. The second-order valence-corrected chi connectivity index (χ2v) is 3.92. The molecule has 18 heavy (non-hydrogen) atoms. The summed E-state index contributed by atoms with van der Waals surface area (Å²) in [6.45, 7) is 1.61. The Kier molecular flexibility index (Phi) is 2.88. The van der Waals surface area contributed by atoms with Crippen LogP contribution in [0.2, 0.25) is 0 Å². The van der Waals surface area contributed by atoms with Crippen LogP contribution in [0.4, 0.5) is 17.6 Å². The first-order valence-electron chi connectivity index (χ1n) is 5.08. The molecule has 0 fully saturated rings. The van der Waals surface area contributed by atoms with E-state index in [1.165, 1.54) is 10.9 Å². The fourth-order valence-electron chi connectivity index (χ4n) is 1.70. The number of rotatable bonds is 1. The average molecular weight is 257 g/mol. The Morgan fingerprint density at radius 2 is 1.94 bits per heavy atom. The van der Waals surface area contributed by atoms with Crippen molar-refractivity contribution in [3.05, 3.63) is 41.5 Å². The van der Waals surface area contributed by atoms with Crippen molar-refractivity contribution < 1.29 is 17.6 Å². The first-order valence-corrected chi connectivity index (χ1v) is 5.08. The van der Waals surface area contributed by atoms with Gasteiger partial charge in [0, 0.05) is 30.4 Å². The van der Waals surface area contributed by atoms with Crippen LogP contribution in [-0.4, -0.2) is 9.78 Å². The van der Waals surface area contributed by atoms with E-state index >= 15 is 0 Å². The van der Waals surface area contributed by atoms with Gasteiger partial charge in [-0.25, -0.2) is 4.39 Å². The van der Waals surface area contributed by atoms with Crippen LogP contribution in [0.3, 0.4) is 0 Å². The van der Waals surface area contributed by atoms with E-state index in [-0.39, 0.29) is 5.56 Å². The summed E-state index contributed by atoms with van der Waals surface area (Å²) in [4.78, 5) is 0. The lowest BCUT2D eigenvalue weighted by Crippen LogP contribution is -2.05. The zero-order chi connectivity index (χ0) is 13.5. The standard InChI is InChI=1S/C12H9F4N2/c1-7-10(6-18(2)17-7)9-5-8(12(14,15)16)3-4-11(9)13/h3,5-6H,1-2H3. The zero-order valence-electron chi connectivity index (χ0n) is 9.64. The molecule has 2 aromatic rings. The second kappa shape index (κ2) is 4.12. The van der Waals surface area contributed by atoms with Gasteiger partial charge in [-0.05, 0) is 19.1 Å². The predicted molar refractivity (Wildman–Crippen MR) is 57.2 cm³/mol. The summed E-state index contributed by atoms with van der Waals surface area (Å²) in [5, 5.41) is 3.98. The lowest BCUT2D eigenvalue weighted by molar-refractivity contribution is -0.137. The number of hydrogen-bond acceptors (Lipinski definition) is 1. The van der Waals surface area contributed by atoms with Gasteiger partial charge in [0.05, 0.1) is 11.3 Å². The number of alkyl halides is 3. The normalized spacial score (nSPS) is 11.9. The molecule has 0 bridgehead atoms. The van der Waals surface area contributed by atoms with Crippen molar-refractivity contribution >= 4 is 0 Å². The average Bonchev–Trinajstić information content (AvgIpc) is 2.56. The second-order valence-electron chi connectivity index (χ2n) is 3.92. The first kappa shape index (κ1) is 12.6. The van der Waals surface area contributed by atoms with Gasteiger partial charge >= 0.3 is 6.18 Å². The molecular formula is C12H9F4N2. The number of nitrogens with zero attached hydrogens (tertiary/aromatic N) is 2. The van der Waals surface area contributed by atoms with E-state index in [2.05, 4.69) is 5.10 Å². The summed E-state index contributed by atoms with van der Waals surface area (Å²) >= 11 is 0. The Morgan fingerprint density at radius 3 is 2.44 bits per heavy atom. The van der Waals surface area contributed by atoms with E-state index < -0.39 is 17.6 Å². The molecule has 0 amide bonds. The van der Waals surface area contributed by atoms with Crippen molar-refractivity contribution in [2.45, 2.75) is 13.1 Å². The quantitative estimate of drug-likeness (QED) is 0.716. The lowest BCUT2D eigenvalue weighted by atomic mass is 10.0. The molecule has 6 heteroatoms. The minimum Gasteiger partial charge on any atom is -0.275 e. The molecule has 0 spiro atoms. The topological polar surface area (TPSA) is 17.8 Å². The highest BCUT2D eigenvalue weighted by Gasteiger charge is 2.31. The minimum absolute atomic E-state index is 0.143. The fourth-order valence-corrected chi connectivity index (χ4v) is 1.70. The van der Waals surface area contributed by atoms with Crippen molar-refractivity contribution in [2.75, 3.05) is 0 Å². The maximum atomic E-state index is 13.6. The van der Waals surface area contributed by atoms with Gasteiger partial charge in [-0.1, -0.05) is 0 Å². The molecule has 1 radical (unpaired) electrons. The lowest BCUT2D eigenvalue weighted by Gasteiger charge is -2.09. The van der Waals surface area contributed by atoms with Crippen LogP contribution in [0.5, 0.6) is 0 Å². The highest BCUT2D eigenvalue weighted by molar-refractivity contribution is 5.66. The zero-order valence-corrected chi connectivity index (χ0v) is 9.64. The van der Waals surface area contributed by atoms with E-state index in [9.17, 15) is 17.6 Å². The van der Waals surface area contributed by atoms with Crippen LogP contribution in [0.25, 0.3) is 11.1 Å². The Labute approximate surface area is 101 Å². The molecule has 0 aliphatic heterocycles. The summed E-state index contributed by atoms with van der Waals surface area (Å²) in [7, 11) is 1.62. The molecule has 1 aromatic heterocycles. The fraction of sp³-hybridized carbons (Fsp3) is 0.250. The Balaban J connectivity index is 2.60. The number of aromatic nitrogens is 2. The third-order valence-electron chi connectivity index (χ3n) is 2.52. The van der Waals surface area contributed by atoms with Crippen molar-refractivity contribution in [1.82, 2.24) is 9.78 Å². The molecule has 0 aliphatic carbocycles. The molecule has 1 aromatic carbocycles. The van der Waals surface area contributed by atoms with Crippen LogP contribution >= 0.6 is 0 Å². The molecule has 95 valence electrons. The van der Waals surface area contributed by atoms with Crippen LogP contribution in [-0.2, 0) is 13.2 Å². The van der Waals surface area contributed by atoms with Crippen LogP contribution < -0.4 is 0 Å². The van der Waals surface area contributed by atoms with Crippen molar-refractivity contribution in [2.24, 2.45) is 7.05 Å². The highest BCUT2D eigenvalue weighted by Crippen LogP contribution is 2.34. The number of hydrogen-bond donors (Lipinski definition) is 0. The minimum atomic E-state index is -4.52. The number of benzene rings is 1. The van der Waals surface area contributed by atoms with Crippen LogP contribution in [0.1, 0.15) is 11.3 Å². The maximum absolute atomic E-state index is 13.6. The Bertz CT molecular complexity index is 584. The van der Waals surface area contributed by atoms with Gasteiger partial charge < -0.3 is 0 Å². The Hall–Kier alpha value is -1.85. The van der Waals surface area contributed by atoms with Gasteiger partial charge in [0.1, 0.15) is 5.82 Å². The molecule has 0 saturated carbocycles. The summed E-state index contributed by atoms with van der Waals surface area (Å²) in [5.41, 5.74) is -0.279. The molecular weight excluding hydrogens is 248 g/mol. The third kappa shape index (κ3) is 2.23. The molecule has 0 saturated heterocycles. The van der Waals surface area contributed by atoms with Crippen LogP contribution in [0, 0.1) is 18.8 Å².